The predicted octanol–water partition coefficient (Wildman–Crippen LogP) is 2.58. The predicted molar refractivity (Wildman–Crippen MR) is 131 cm³/mol. The summed E-state index contributed by atoms with van der Waals surface area (Å²) in [5, 5.41) is 0. The number of carbonyl (C=O) groups is 2. The third-order valence-corrected chi connectivity index (χ3v) is 6.29. The summed E-state index contributed by atoms with van der Waals surface area (Å²) in [5.74, 6) is -1.26. The third kappa shape index (κ3) is 6.34. The van der Waals surface area contributed by atoms with Crippen molar-refractivity contribution >= 4 is 38.9 Å². The van der Waals surface area contributed by atoms with Crippen LogP contribution in [-0.2, 0) is 21.4 Å². The van der Waals surface area contributed by atoms with Crippen LogP contribution in [-0.4, -0.2) is 30.2 Å². The van der Waals surface area contributed by atoms with Gasteiger partial charge in [0.1, 0.15) is 0 Å². The van der Waals surface area contributed by atoms with E-state index in [1.807, 2.05) is 42.5 Å². The van der Waals surface area contributed by atoms with E-state index in [-0.39, 0.29) is 17.0 Å². The molecule has 2 amide bonds. The molecule has 0 aliphatic rings. The number of aromatic nitrogens is 2. The zero-order chi connectivity index (χ0) is 24.7. The van der Waals surface area contributed by atoms with Gasteiger partial charge in [0.05, 0.1) is 27.8 Å². The number of nitrogens with one attached hydrogen (secondary N) is 3. The third-order valence-electron chi connectivity index (χ3n) is 4.89. The molecule has 0 bridgehead atoms. The number of carbonyl (C=O) groups excluding carboxylic acids is 2. The first-order chi connectivity index (χ1) is 16.9. The Morgan fingerprint density at radius 1 is 0.857 bits per heavy atom. The molecule has 0 aliphatic heterocycles. The van der Waals surface area contributed by atoms with Crippen LogP contribution in [0.5, 0.6) is 0 Å². The highest BCUT2D eigenvalue weighted by molar-refractivity contribution is 7.89. The van der Waals surface area contributed by atoms with Crippen LogP contribution in [0.4, 0.5) is 0 Å². The van der Waals surface area contributed by atoms with Crippen molar-refractivity contribution in [3.63, 3.8) is 0 Å². The summed E-state index contributed by atoms with van der Waals surface area (Å²) in [6.45, 7) is 0.115. The molecule has 3 N–H and O–H groups in total. The summed E-state index contributed by atoms with van der Waals surface area (Å²) < 4.78 is 27.7. The van der Waals surface area contributed by atoms with Crippen molar-refractivity contribution in [1.29, 1.82) is 0 Å². The van der Waals surface area contributed by atoms with E-state index in [1.165, 1.54) is 42.6 Å². The van der Waals surface area contributed by atoms with Crippen LogP contribution in [0.15, 0.2) is 96.0 Å². The number of rotatable bonds is 7. The van der Waals surface area contributed by atoms with Gasteiger partial charge >= 0.3 is 0 Å². The summed E-state index contributed by atoms with van der Waals surface area (Å²) in [7, 11) is -3.84. The van der Waals surface area contributed by atoms with E-state index >= 15 is 0 Å². The van der Waals surface area contributed by atoms with E-state index in [2.05, 4.69) is 25.5 Å². The van der Waals surface area contributed by atoms with Crippen LogP contribution in [0, 0.1) is 0 Å². The summed E-state index contributed by atoms with van der Waals surface area (Å²) in [6, 6.07) is 21.9. The number of nitrogens with zero attached hydrogens (tertiary/aromatic N) is 2. The molecular weight excluding hydrogens is 466 g/mol. The van der Waals surface area contributed by atoms with Gasteiger partial charge in [0.25, 0.3) is 11.8 Å². The molecule has 35 heavy (non-hydrogen) atoms. The van der Waals surface area contributed by atoms with Crippen molar-refractivity contribution in [2.24, 2.45) is 0 Å². The first kappa shape index (κ1) is 23.7. The van der Waals surface area contributed by atoms with E-state index in [4.69, 9.17) is 0 Å². The molecule has 0 spiro atoms. The first-order valence-corrected chi connectivity index (χ1v) is 12.0. The summed E-state index contributed by atoms with van der Waals surface area (Å²) in [4.78, 5) is 33.1. The Hall–Kier alpha value is -4.41. The van der Waals surface area contributed by atoms with Crippen LogP contribution in [0.3, 0.4) is 0 Å². The smallest absolute Gasteiger partial charge is 0.268 e. The van der Waals surface area contributed by atoms with Crippen molar-refractivity contribution in [1.82, 2.24) is 25.5 Å². The Balaban J connectivity index is 1.34. The number of sulfonamides is 1. The highest BCUT2D eigenvalue weighted by Crippen LogP contribution is 2.13. The molecule has 4 rings (SSSR count). The SMILES string of the molecule is O=C(/C=C/c1cnc2ccccc2n1)NNC(=O)c1cccc(S(=O)(=O)NCc2ccccc2)c1. The van der Waals surface area contributed by atoms with Gasteiger partial charge in [-0.2, -0.15) is 0 Å². The Kier molecular flexibility index (Phi) is 7.24. The number of fused-ring (bicyclic) bond motifs is 1. The van der Waals surface area contributed by atoms with E-state index in [0.717, 1.165) is 11.1 Å². The van der Waals surface area contributed by atoms with Crippen molar-refractivity contribution in [3.05, 3.63) is 108 Å². The van der Waals surface area contributed by atoms with Gasteiger partial charge in [-0.3, -0.25) is 25.4 Å². The second-order valence-corrected chi connectivity index (χ2v) is 9.17. The molecule has 10 heteroatoms. The fourth-order valence-electron chi connectivity index (χ4n) is 3.11. The van der Waals surface area contributed by atoms with Crippen LogP contribution in [0.1, 0.15) is 21.6 Å². The molecule has 4 aromatic rings. The highest BCUT2D eigenvalue weighted by atomic mass is 32.2. The lowest BCUT2D eigenvalue weighted by Gasteiger charge is -2.09. The Morgan fingerprint density at radius 2 is 1.60 bits per heavy atom. The monoisotopic (exact) mass is 487 g/mol. The van der Waals surface area contributed by atoms with Crippen molar-refractivity contribution < 1.29 is 18.0 Å². The number of hydrogen-bond donors (Lipinski definition) is 3. The maximum atomic E-state index is 12.6. The first-order valence-electron chi connectivity index (χ1n) is 10.5. The number of para-hydroxylation sites is 2. The minimum atomic E-state index is -3.84. The number of hydrazine groups is 1. The molecule has 0 saturated carbocycles. The van der Waals surface area contributed by atoms with Gasteiger partial charge < -0.3 is 0 Å². The van der Waals surface area contributed by atoms with E-state index in [1.54, 1.807) is 12.1 Å². The van der Waals surface area contributed by atoms with Gasteiger partial charge in [-0.25, -0.2) is 18.1 Å². The molecule has 0 atom stereocenters. The Labute approximate surface area is 202 Å². The standard InChI is InChI=1S/C25H21N5O4S/c31-24(14-13-20-17-26-22-11-4-5-12-23(22)28-20)29-30-25(32)19-9-6-10-21(15-19)35(33,34)27-16-18-7-2-1-3-8-18/h1-15,17,27H,16H2,(H,29,31)(H,30,32)/b14-13+. The maximum absolute atomic E-state index is 12.6. The highest BCUT2D eigenvalue weighted by Gasteiger charge is 2.16. The van der Waals surface area contributed by atoms with Crippen LogP contribution < -0.4 is 15.6 Å². The molecule has 0 radical (unpaired) electrons. The molecule has 0 saturated heterocycles. The average Bonchev–Trinajstić information content (AvgIpc) is 2.90. The molecule has 0 fully saturated rings. The van der Waals surface area contributed by atoms with E-state index in [9.17, 15) is 18.0 Å². The van der Waals surface area contributed by atoms with Gasteiger partial charge in [0, 0.05) is 18.2 Å². The van der Waals surface area contributed by atoms with Crippen LogP contribution >= 0.6 is 0 Å². The zero-order valence-electron chi connectivity index (χ0n) is 18.4. The van der Waals surface area contributed by atoms with Crippen molar-refractivity contribution in [2.75, 3.05) is 0 Å². The van der Waals surface area contributed by atoms with Gasteiger partial charge in [0.2, 0.25) is 10.0 Å². The van der Waals surface area contributed by atoms with Gasteiger partial charge in [0.15, 0.2) is 0 Å². The minimum absolute atomic E-state index is 0.0669. The number of benzene rings is 3. The van der Waals surface area contributed by atoms with Gasteiger partial charge in [-0.15, -0.1) is 0 Å². The number of amides is 2. The van der Waals surface area contributed by atoms with Crippen molar-refractivity contribution in [3.8, 4) is 0 Å². The second kappa shape index (κ2) is 10.7. The molecule has 0 aliphatic carbocycles. The molecule has 0 unspecified atom stereocenters. The summed E-state index contributed by atoms with van der Waals surface area (Å²) >= 11 is 0. The quantitative estimate of drug-likeness (QED) is 0.271. The topological polar surface area (TPSA) is 130 Å². The van der Waals surface area contributed by atoms with Crippen LogP contribution in [0.25, 0.3) is 17.1 Å². The average molecular weight is 488 g/mol. The zero-order valence-corrected chi connectivity index (χ0v) is 19.2. The molecule has 9 nitrogen and oxygen atoms in total. The lowest BCUT2D eigenvalue weighted by atomic mass is 10.2. The van der Waals surface area contributed by atoms with E-state index in [0.29, 0.717) is 11.2 Å². The molecule has 1 heterocycles. The summed E-state index contributed by atoms with van der Waals surface area (Å²) in [6.07, 6.45) is 4.20. The van der Waals surface area contributed by atoms with Crippen molar-refractivity contribution in [2.45, 2.75) is 11.4 Å². The van der Waals surface area contributed by atoms with Gasteiger partial charge in [-0.1, -0.05) is 48.5 Å². The lowest BCUT2D eigenvalue weighted by Crippen LogP contribution is -2.40. The maximum Gasteiger partial charge on any atom is 0.269 e. The molecule has 176 valence electrons. The Morgan fingerprint density at radius 3 is 2.40 bits per heavy atom. The fraction of sp³-hybridized carbons (Fsp3) is 0.0400. The Bertz CT molecular complexity index is 1500. The second-order valence-electron chi connectivity index (χ2n) is 7.40. The van der Waals surface area contributed by atoms with Gasteiger partial charge in [-0.05, 0) is 42.0 Å². The minimum Gasteiger partial charge on any atom is -0.268 e. The lowest BCUT2D eigenvalue weighted by molar-refractivity contribution is -0.117. The molecule has 3 aromatic carbocycles. The normalized spacial score (nSPS) is 11.4. The molecule has 1 aromatic heterocycles. The molecular formula is C25H21N5O4S. The summed E-state index contributed by atoms with van der Waals surface area (Å²) in [5.41, 5.74) is 7.29. The largest absolute Gasteiger partial charge is 0.269 e. The number of hydrogen-bond acceptors (Lipinski definition) is 6. The fourth-order valence-corrected chi connectivity index (χ4v) is 4.17. The van der Waals surface area contributed by atoms with Crippen LogP contribution in [0.2, 0.25) is 0 Å². The van der Waals surface area contributed by atoms with E-state index < -0.39 is 21.8 Å².